The van der Waals surface area contributed by atoms with E-state index < -0.39 is 9.84 Å². The first-order valence-electron chi connectivity index (χ1n) is 13.1. The SMILES string of the molecule is COc1ccc(-c2cc(C(=O)N3CCN(C(=O)c4ccco4)CC3)c3c(C)nn(C4CCS(=O)(=O)C4)c3n2)cc1. The van der Waals surface area contributed by atoms with Crippen LogP contribution in [0.5, 0.6) is 5.75 Å². The molecule has 0 N–H and O–H groups in total. The summed E-state index contributed by atoms with van der Waals surface area (Å²) >= 11 is 0. The van der Waals surface area contributed by atoms with E-state index in [1.807, 2.05) is 31.2 Å². The zero-order valence-corrected chi connectivity index (χ0v) is 23.1. The number of nitrogens with zero attached hydrogens (tertiary/aromatic N) is 5. The van der Waals surface area contributed by atoms with E-state index in [1.54, 1.807) is 39.8 Å². The van der Waals surface area contributed by atoms with Crippen LogP contribution in [0.1, 0.15) is 39.1 Å². The van der Waals surface area contributed by atoms with E-state index in [4.69, 9.17) is 14.1 Å². The topological polar surface area (TPSA) is 128 Å². The van der Waals surface area contributed by atoms with Crippen molar-refractivity contribution >= 4 is 32.7 Å². The number of fused-ring (bicyclic) bond motifs is 1. The van der Waals surface area contributed by atoms with Gasteiger partial charge in [0.15, 0.2) is 21.2 Å². The van der Waals surface area contributed by atoms with Crippen LogP contribution >= 0.6 is 0 Å². The van der Waals surface area contributed by atoms with E-state index in [1.165, 1.54) is 6.26 Å². The molecule has 11 nitrogen and oxygen atoms in total. The predicted molar refractivity (Wildman–Crippen MR) is 147 cm³/mol. The molecular formula is C28H29N5O6S. The zero-order chi connectivity index (χ0) is 28.0. The number of piperazine rings is 1. The third-order valence-corrected chi connectivity index (χ3v) is 9.34. The molecule has 2 aliphatic heterocycles. The summed E-state index contributed by atoms with van der Waals surface area (Å²) in [7, 11) is -1.57. The highest BCUT2D eigenvalue weighted by molar-refractivity contribution is 7.91. The Kier molecular flexibility index (Phi) is 6.57. The summed E-state index contributed by atoms with van der Waals surface area (Å²) in [5, 5.41) is 5.30. The minimum Gasteiger partial charge on any atom is -0.497 e. The van der Waals surface area contributed by atoms with Crippen molar-refractivity contribution in [3.8, 4) is 17.0 Å². The summed E-state index contributed by atoms with van der Waals surface area (Å²) in [5.41, 5.74) is 2.92. The molecule has 6 rings (SSSR count). The molecule has 2 aliphatic rings. The summed E-state index contributed by atoms with van der Waals surface area (Å²) in [6.07, 6.45) is 1.91. The van der Waals surface area contributed by atoms with Crippen LogP contribution in [0.4, 0.5) is 0 Å². The van der Waals surface area contributed by atoms with E-state index in [9.17, 15) is 18.0 Å². The molecule has 12 heteroatoms. The molecule has 0 bridgehead atoms. The van der Waals surface area contributed by atoms with Crippen LogP contribution in [-0.2, 0) is 9.84 Å². The Bertz CT molecular complexity index is 1690. The molecule has 0 radical (unpaired) electrons. The molecule has 1 atom stereocenters. The van der Waals surface area contributed by atoms with Gasteiger partial charge in [0.25, 0.3) is 11.8 Å². The van der Waals surface area contributed by atoms with Crippen LogP contribution < -0.4 is 4.74 Å². The van der Waals surface area contributed by atoms with Gasteiger partial charge in [-0.1, -0.05) is 0 Å². The number of hydrogen-bond acceptors (Lipinski definition) is 8. The number of rotatable bonds is 5. The Hall–Kier alpha value is -4.19. The Balaban J connectivity index is 1.37. The van der Waals surface area contributed by atoms with Crippen molar-refractivity contribution in [3.05, 3.63) is 65.7 Å². The average molecular weight is 564 g/mol. The largest absolute Gasteiger partial charge is 0.497 e. The van der Waals surface area contributed by atoms with Gasteiger partial charge < -0.3 is 19.0 Å². The molecule has 0 aliphatic carbocycles. The number of benzene rings is 1. The minimum atomic E-state index is -3.16. The number of carbonyl (C=O) groups is 2. The van der Waals surface area contributed by atoms with Crippen molar-refractivity contribution in [1.29, 1.82) is 0 Å². The lowest BCUT2D eigenvalue weighted by Gasteiger charge is -2.34. The first kappa shape index (κ1) is 26.1. The van der Waals surface area contributed by atoms with Crippen molar-refractivity contribution < 1.29 is 27.2 Å². The molecule has 208 valence electrons. The van der Waals surface area contributed by atoms with Crippen molar-refractivity contribution in [3.63, 3.8) is 0 Å². The van der Waals surface area contributed by atoms with Gasteiger partial charge in [0, 0.05) is 31.7 Å². The second-order valence-electron chi connectivity index (χ2n) is 10.1. The second-order valence-corrected chi connectivity index (χ2v) is 12.4. The lowest BCUT2D eigenvalue weighted by Crippen LogP contribution is -2.50. The molecule has 0 saturated carbocycles. The number of carbonyl (C=O) groups excluding carboxylic acids is 2. The van der Waals surface area contributed by atoms with Crippen molar-refractivity contribution in [2.75, 3.05) is 44.8 Å². The monoisotopic (exact) mass is 563 g/mol. The van der Waals surface area contributed by atoms with Crippen molar-refractivity contribution in [1.82, 2.24) is 24.6 Å². The summed E-state index contributed by atoms with van der Waals surface area (Å²) in [6.45, 7) is 3.29. The van der Waals surface area contributed by atoms with E-state index in [2.05, 4.69) is 5.10 Å². The third kappa shape index (κ3) is 4.72. The maximum Gasteiger partial charge on any atom is 0.289 e. The van der Waals surface area contributed by atoms with Gasteiger partial charge in [0.2, 0.25) is 0 Å². The summed E-state index contributed by atoms with van der Waals surface area (Å²) in [4.78, 5) is 35.0. The molecule has 40 heavy (non-hydrogen) atoms. The van der Waals surface area contributed by atoms with Gasteiger partial charge in [-0.2, -0.15) is 5.10 Å². The molecule has 4 aromatic rings. The normalized spacial score (nSPS) is 18.8. The Morgan fingerprint density at radius 3 is 2.33 bits per heavy atom. The molecular weight excluding hydrogens is 534 g/mol. The fourth-order valence-electron chi connectivity index (χ4n) is 5.45. The Labute approximate surface area is 231 Å². The molecule has 0 spiro atoms. The number of furan rings is 1. The van der Waals surface area contributed by atoms with Gasteiger partial charge in [0.1, 0.15) is 5.75 Å². The molecule has 1 unspecified atom stereocenters. The first-order chi connectivity index (χ1) is 19.2. The average Bonchev–Trinajstić information content (AvgIpc) is 3.71. The van der Waals surface area contributed by atoms with Crippen molar-refractivity contribution in [2.24, 2.45) is 0 Å². The molecule has 1 aromatic carbocycles. The number of aryl methyl sites for hydroxylation is 1. The van der Waals surface area contributed by atoms with Gasteiger partial charge in [0.05, 0.1) is 53.3 Å². The van der Waals surface area contributed by atoms with Gasteiger partial charge in [-0.05, 0) is 55.8 Å². The van der Waals surface area contributed by atoms with Crippen LogP contribution in [0.3, 0.4) is 0 Å². The summed E-state index contributed by atoms with van der Waals surface area (Å²) in [5.74, 6) is 0.676. The van der Waals surface area contributed by atoms with E-state index in [0.29, 0.717) is 66.3 Å². The van der Waals surface area contributed by atoms with Gasteiger partial charge >= 0.3 is 0 Å². The number of pyridine rings is 1. The maximum absolute atomic E-state index is 14.0. The predicted octanol–water partition coefficient (Wildman–Crippen LogP) is 2.97. The molecule has 3 aromatic heterocycles. The lowest BCUT2D eigenvalue weighted by molar-refractivity contribution is 0.0519. The van der Waals surface area contributed by atoms with E-state index in [-0.39, 0.29) is 35.1 Å². The summed E-state index contributed by atoms with van der Waals surface area (Å²) in [6, 6.07) is 12.1. The van der Waals surface area contributed by atoms with E-state index in [0.717, 1.165) is 5.56 Å². The van der Waals surface area contributed by atoms with Crippen LogP contribution in [0.2, 0.25) is 0 Å². The highest BCUT2D eigenvalue weighted by atomic mass is 32.2. The van der Waals surface area contributed by atoms with Crippen LogP contribution in [-0.4, -0.2) is 89.6 Å². The highest BCUT2D eigenvalue weighted by Crippen LogP contribution is 2.33. The Morgan fingerprint density at radius 2 is 1.73 bits per heavy atom. The third-order valence-electron chi connectivity index (χ3n) is 7.59. The van der Waals surface area contributed by atoms with Gasteiger partial charge in [-0.3, -0.25) is 9.59 Å². The number of ether oxygens (including phenoxy) is 1. The number of methoxy groups -OCH3 is 1. The second kappa shape index (κ2) is 10.1. The minimum absolute atomic E-state index is 0.00734. The fourth-order valence-corrected chi connectivity index (χ4v) is 7.15. The van der Waals surface area contributed by atoms with Crippen LogP contribution in [0.15, 0.2) is 53.1 Å². The van der Waals surface area contributed by atoms with Crippen molar-refractivity contribution in [2.45, 2.75) is 19.4 Å². The Morgan fingerprint density at radius 1 is 1.02 bits per heavy atom. The van der Waals surface area contributed by atoms with Gasteiger partial charge in [-0.25, -0.2) is 18.1 Å². The van der Waals surface area contributed by atoms with Gasteiger partial charge in [-0.15, -0.1) is 0 Å². The zero-order valence-electron chi connectivity index (χ0n) is 22.2. The standard InChI is InChI=1S/C28H29N5O6S/c1-18-25-22(27(34)31-10-12-32(13-11-31)28(35)24-4-3-14-39-24)16-23(19-5-7-21(38-2)8-6-19)29-26(25)33(30-18)20-9-15-40(36,37)17-20/h3-8,14,16,20H,9-13,15,17H2,1-2H3. The van der Waals surface area contributed by atoms with Crippen LogP contribution in [0, 0.1) is 6.92 Å². The number of aromatic nitrogens is 3. The molecule has 5 heterocycles. The quantitative estimate of drug-likeness (QED) is 0.363. The van der Waals surface area contributed by atoms with E-state index >= 15 is 0 Å². The maximum atomic E-state index is 14.0. The fraction of sp³-hybridized carbons (Fsp3) is 0.357. The molecule has 2 saturated heterocycles. The molecule has 2 fully saturated rings. The number of hydrogen-bond donors (Lipinski definition) is 0. The first-order valence-corrected chi connectivity index (χ1v) is 14.9. The lowest BCUT2D eigenvalue weighted by atomic mass is 10.0. The number of amides is 2. The smallest absolute Gasteiger partial charge is 0.289 e. The highest BCUT2D eigenvalue weighted by Gasteiger charge is 2.34. The summed E-state index contributed by atoms with van der Waals surface area (Å²) < 4.78 is 36.8. The number of sulfone groups is 1. The molecule has 2 amide bonds. The van der Waals surface area contributed by atoms with Crippen LogP contribution in [0.25, 0.3) is 22.3 Å².